The van der Waals surface area contributed by atoms with Crippen LogP contribution in [0.4, 0.5) is 0 Å². The van der Waals surface area contributed by atoms with Crippen LogP contribution in [0.5, 0.6) is 0 Å². The van der Waals surface area contributed by atoms with Gasteiger partial charge in [-0.1, -0.05) is 41.2 Å². The number of thioether (sulfide) groups is 1. The van der Waals surface area contributed by atoms with Crippen molar-refractivity contribution < 1.29 is 4.48 Å². The smallest absolute Gasteiger partial charge is 0.103 e. The predicted molar refractivity (Wildman–Crippen MR) is 104 cm³/mol. The predicted octanol–water partition coefficient (Wildman–Crippen LogP) is 5.24. The molecule has 3 heterocycles. The molecular formula is C20H37N2S+. The van der Waals surface area contributed by atoms with E-state index >= 15 is 0 Å². The highest BCUT2D eigenvalue weighted by Crippen LogP contribution is 2.49. The van der Waals surface area contributed by atoms with Gasteiger partial charge in [0.2, 0.25) is 0 Å². The van der Waals surface area contributed by atoms with E-state index < -0.39 is 0 Å². The molecule has 2 atom stereocenters. The second kappa shape index (κ2) is 8.11. The van der Waals surface area contributed by atoms with Crippen LogP contribution in [0.3, 0.4) is 0 Å². The molecule has 132 valence electrons. The summed E-state index contributed by atoms with van der Waals surface area (Å²) >= 11 is 2.15. The Hall–Kier alpha value is -0.410. The molecule has 3 heteroatoms. The van der Waals surface area contributed by atoms with Gasteiger partial charge in [0.1, 0.15) is 6.54 Å². The molecule has 3 aliphatic heterocycles. The molecule has 0 aromatic rings. The maximum Gasteiger partial charge on any atom is 0.103 e. The van der Waals surface area contributed by atoms with Gasteiger partial charge in [0, 0.05) is 41.5 Å². The van der Waals surface area contributed by atoms with E-state index in [-0.39, 0.29) is 0 Å². The summed E-state index contributed by atoms with van der Waals surface area (Å²) in [6.45, 7) is 20.8. The highest BCUT2D eigenvalue weighted by atomic mass is 32.2. The number of hydrogen-bond acceptors (Lipinski definition) is 2. The van der Waals surface area contributed by atoms with Crippen molar-refractivity contribution in [3.63, 3.8) is 0 Å². The zero-order chi connectivity index (χ0) is 17.0. The zero-order valence-corrected chi connectivity index (χ0v) is 16.8. The molecule has 0 spiro atoms. The summed E-state index contributed by atoms with van der Waals surface area (Å²) in [4.78, 5) is 2.56. The van der Waals surface area contributed by atoms with E-state index in [1.54, 1.807) is 11.3 Å². The number of nitrogens with zero attached hydrogens (tertiary/aromatic N) is 2. The van der Waals surface area contributed by atoms with Crippen molar-refractivity contribution in [3.05, 3.63) is 23.5 Å². The fourth-order valence-corrected chi connectivity index (χ4v) is 6.07. The second-order valence-corrected chi connectivity index (χ2v) is 8.24. The van der Waals surface area contributed by atoms with Gasteiger partial charge in [-0.3, -0.25) is 0 Å². The third-order valence-electron chi connectivity index (χ3n) is 5.72. The Bertz CT molecular complexity index is 449. The van der Waals surface area contributed by atoms with Crippen LogP contribution in [0.25, 0.3) is 0 Å². The quantitative estimate of drug-likeness (QED) is 0.632. The summed E-state index contributed by atoms with van der Waals surface area (Å²) in [5, 5.41) is 0.675. The molecule has 2 unspecified atom stereocenters. The molecule has 0 N–H and O–H groups in total. The monoisotopic (exact) mass is 337 g/mol. The number of rotatable bonds is 5. The number of hydrogen-bond donors (Lipinski definition) is 0. The largest absolute Gasteiger partial charge is 0.336 e. The first-order chi connectivity index (χ1) is 11.1. The molecule has 0 aromatic heterocycles. The van der Waals surface area contributed by atoms with Crippen LogP contribution in [-0.2, 0) is 0 Å². The summed E-state index contributed by atoms with van der Waals surface area (Å²) in [7, 11) is 0. The number of likely N-dealkylation sites (tertiary alicyclic amines) is 1. The van der Waals surface area contributed by atoms with Gasteiger partial charge in [-0.2, -0.15) is 0 Å². The highest BCUT2D eigenvalue weighted by Gasteiger charge is 2.45. The SMILES string of the molecule is C=C1C(C)C2SCC(C[N+]3(CCC)CCCC3)=C(CC)N12.CC. The topological polar surface area (TPSA) is 3.24 Å². The molecule has 2 fully saturated rings. The van der Waals surface area contributed by atoms with Crippen molar-refractivity contribution in [2.45, 2.75) is 65.7 Å². The lowest BCUT2D eigenvalue weighted by atomic mass is 9.93. The van der Waals surface area contributed by atoms with Crippen molar-refractivity contribution in [1.29, 1.82) is 0 Å². The van der Waals surface area contributed by atoms with Gasteiger partial charge in [0.15, 0.2) is 0 Å². The molecular weight excluding hydrogens is 300 g/mol. The van der Waals surface area contributed by atoms with E-state index in [2.05, 4.69) is 44.0 Å². The number of allylic oxidation sites excluding steroid dienone is 1. The summed E-state index contributed by atoms with van der Waals surface area (Å²) < 4.78 is 1.36. The van der Waals surface area contributed by atoms with Crippen molar-refractivity contribution in [2.75, 3.05) is 31.9 Å². The van der Waals surface area contributed by atoms with Crippen LogP contribution in [0.15, 0.2) is 23.5 Å². The van der Waals surface area contributed by atoms with Crippen LogP contribution in [-0.4, -0.2) is 46.7 Å². The molecule has 0 aliphatic carbocycles. The minimum absolute atomic E-state index is 0.670. The maximum atomic E-state index is 4.32. The van der Waals surface area contributed by atoms with Crippen molar-refractivity contribution in [3.8, 4) is 0 Å². The second-order valence-electron chi connectivity index (χ2n) is 7.13. The molecule has 0 aromatic carbocycles. The van der Waals surface area contributed by atoms with Crippen LogP contribution in [0.1, 0.15) is 60.3 Å². The molecule has 23 heavy (non-hydrogen) atoms. The minimum Gasteiger partial charge on any atom is -0.336 e. The molecule has 0 saturated carbocycles. The molecule has 2 nitrogen and oxygen atoms in total. The summed E-state index contributed by atoms with van der Waals surface area (Å²) in [6.07, 6.45) is 5.35. The molecule has 0 radical (unpaired) electrons. The molecule has 3 aliphatic rings. The van der Waals surface area contributed by atoms with Crippen LogP contribution in [0, 0.1) is 5.92 Å². The van der Waals surface area contributed by atoms with Gasteiger partial charge in [0.05, 0.1) is 25.0 Å². The normalized spacial score (nSPS) is 28.9. The standard InChI is InChI=1S/C18H31N2S.C2H6/c1-5-9-20(10-7-8-11-20)12-16-13-21-18-14(3)15(4)19(18)17(16)6-2;1-2/h14,18H,4-13H2,1-3H3;1-2H3/q+1;. The highest BCUT2D eigenvalue weighted by molar-refractivity contribution is 8.00. The Morgan fingerprint density at radius 1 is 1.22 bits per heavy atom. The van der Waals surface area contributed by atoms with E-state index in [9.17, 15) is 0 Å². The van der Waals surface area contributed by atoms with Crippen molar-refractivity contribution in [1.82, 2.24) is 4.90 Å². The lowest BCUT2D eigenvalue weighted by Crippen LogP contribution is -2.54. The summed E-state index contributed by atoms with van der Waals surface area (Å²) in [6, 6.07) is 0. The van der Waals surface area contributed by atoms with E-state index in [0.29, 0.717) is 11.3 Å². The van der Waals surface area contributed by atoms with E-state index in [0.717, 1.165) is 0 Å². The lowest BCUT2D eigenvalue weighted by Gasteiger charge is -2.54. The zero-order valence-electron chi connectivity index (χ0n) is 16.0. The lowest BCUT2D eigenvalue weighted by molar-refractivity contribution is -0.912. The number of quaternary nitrogens is 1. The van der Waals surface area contributed by atoms with E-state index in [1.807, 2.05) is 13.8 Å². The van der Waals surface area contributed by atoms with Crippen LogP contribution < -0.4 is 0 Å². The van der Waals surface area contributed by atoms with Gasteiger partial charge in [0.25, 0.3) is 0 Å². The third-order valence-corrected chi connectivity index (χ3v) is 7.19. The molecule has 0 amide bonds. The van der Waals surface area contributed by atoms with Crippen LogP contribution in [0.2, 0.25) is 0 Å². The maximum absolute atomic E-state index is 4.32. The summed E-state index contributed by atoms with van der Waals surface area (Å²) in [5.41, 5.74) is 4.69. The van der Waals surface area contributed by atoms with Gasteiger partial charge < -0.3 is 9.38 Å². The number of fused-ring (bicyclic) bond motifs is 1. The summed E-state index contributed by atoms with van der Waals surface area (Å²) in [5.74, 6) is 1.93. The third kappa shape index (κ3) is 3.51. The Morgan fingerprint density at radius 3 is 2.43 bits per heavy atom. The first-order valence-electron chi connectivity index (χ1n) is 9.77. The van der Waals surface area contributed by atoms with E-state index in [1.165, 1.54) is 67.8 Å². The first-order valence-corrected chi connectivity index (χ1v) is 10.8. The van der Waals surface area contributed by atoms with Gasteiger partial charge in [-0.25, -0.2) is 0 Å². The molecule has 0 bridgehead atoms. The minimum atomic E-state index is 0.670. The van der Waals surface area contributed by atoms with Crippen molar-refractivity contribution in [2.24, 2.45) is 5.92 Å². The average Bonchev–Trinajstić information content (AvgIpc) is 3.04. The Kier molecular flexibility index (Phi) is 6.67. The Balaban J connectivity index is 0.000000924. The molecule has 2 saturated heterocycles. The van der Waals surface area contributed by atoms with Gasteiger partial charge in [-0.15, -0.1) is 11.8 Å². The Labute approximate surface area is 148 Å². The molecule has 3 rings (SSSR count). The van der Waals surface area contributed by atoms with Gasteiger partial charge in [-0.05, 0) is 12.8 Å². The van der Waals surface area contributed by atoms with Crippen LogP contribution >= 0.6 is 11.8 Å². The van der Waals surface area contributed by atoms with E-state index in [4.69, 9.17) is 0 Å². The fourth-order valence-electron chi connectivity index (χ4n) is 4.58. The van der Waals surface area contributed by atoms with Gasteiger partial charge >= 0.3 is 0 Å². The van der Waals surface area contributed by atoms with Crippen molar-refractivity contribution >= 4 is 11.8 Å². The first kappa shape index (κ1) is 18.9. The average molecular weight is 338 g/mol. The Morgan fingerprint density at radius 2 is 1.87 bits per heavy atom. The fraction of sp³-hybridized carbons (Fsp3) is 0.800.